The van der Waals surface area contributed by atoms with Crippen molar-refractivity contribution >= 4 is 33.1 Å². The number of hydrogen-bond acceptors (Lipinski definition) is 4. The summed E-state index contributed by atoms with van der Waals surface area (Å²) >= 11 is 1.48. The smallest absolute Gasteiger partial charge is 0.348 e. The van der Waals surface area contributed by atoms with Crippen molar-refractivity contribution in [2.45, 2.75) is 6.42 Å². The van der Waals surface area contributed by atoms with Crippen LogP contribution in [0.15, 0.2) is 18.2 Å². The SMILES string of the molecule is COC(=O)c1cc2cc3c(cc2s1)NCC3. The van der Waals surface area contributed by atoms with E-state index in [4.69, 9.17) is 4.74 Å². The molecule has 3 nitrogen and oxygen atoms in total. The number of ether oxygens (including phenoxy) is 1. The van der Waals surface area contributed by atoms with E-state index in [0.29, 0.717) is 4.88 Å². The van der Waals surface area contributed by atoms with Crippen LogP contribution in [0.5, 0.6) is 0 Å². The zero-order valence-electron chi connectivity index (χ0n) is 8.87. The van der Waals surface area contributed by atoms with Gasteiger partial charge in [-0.05, 0) is 35.6 Å². The van der Waals surface area contributed by atoms with Crippen LogP contribution >= 0.6 is 11.3 Å². The van der Waals surface area contributed by atoms with Crippen LogP contribution in [-0.4, -0.2) is 19.6 Å². The zero-order valence-corrected chi connectivity index (χ0v) is 9.69. The summed E-state index contributed by atoms with van der Waals surface area (Å²) in [5.41, 5.74) is 2.53. The molecule has 0 saturated heterocycles. The first-order valence-corrected chi connectivity index (χ1v) is 5.98. The van der Waals surface area contributed by atoms with Gasteiger partial charge >= 0.3 is 5.97 Å². The van der Waals surface area contributed by atoms with E-state index in [1.165, 1.54) is 29.7 Å². The number of esters is 1. The van der Waals surface area contributed by atoms with Crippen LogP contribution < -0.4 is 5.32 Å². The molecule has 0 spiro atoms. The van der Waals surface area contributed by atoms with Gasteiger partial charge in [0.05, 0.1) is 7.11 Å². The van der Waals surface area contributed by atoms with Gasteiger partial charge in [0, 0.05) is 16.9 Å². The maximum atomic E-state index is 11.4. The summed E-state index contributed by atoms with van der Waals surface area (Å²) in [4.78, 5) is 12.1. The first-order valence-electron chi connectivity index (χ1n) is 5.16. The fourth-order valence-electron chi connectivity index (χ4n) is 2.04. The van der Waals surface area contributed by atoms with Gasteiger partial charge in [0.15, 0.2) is 0 Å². The Kier molecular flexibility index (Phi) is 2.11. The summed E-state index contributed by atoms with van der Waals surface area (Å²) < 4.78 is 5.86. The van der Waals surface area contributed by atoms with E-state index in [9.17, 15) is 4.79 Å². The maximum absolute atomic E-state index is 11.4. The fourth-order valence-corrected chi connectivity index (χ4v) is 3.04. The molecule has 1 N–H and O–H groups in total. The number of fused-ring (bicyclic) bond motifs is 2. The Morgan fingerprint density at radius 1 is 1.44 bits per heavy atom. The molecule has 1 aromatic heterocycles. The van der Waals surface area contributed by atoms with Crippen LogP contribution in [0.2, 0.25) is 0 Å². The Morgan fingerprint density at radius 2 is 2.31 bits per heavy atom. The average Bonchev–Trinajstić information content (AvgIpc) is 2.89. The molecule has 0 aliphatic carbocycles. The second-order valence-electron chi connectivity index (χ2n) is 3.83. The van der Waals surface area contributed by atoms with Crippen LogP contribution in [0.1, 0.15) is 15.2 Å². The highest BCUT2D eigenvalue weighted by Crippen LogP contribution is 2.33. The molecule has 0 atom stereocenters. The van der Waals surface area contributed by atoms with Crippen LogP contribution in [0.4, 0.5) is 5.69 Å². The second kappa shape index (κ2) is 3.49. The molecular weight excluding hydrogens is 222 g/mol. The van der Waals surface area contributed by atoms with Gasteiger partial charge < -0.3 is 10.1 Å². The van der Waals surface area contributed by atoms with Gasteiger partial charge in [-0.3, -0.25) is 0 Å². The number of rotatable bonds is 1. The quantitative estimate of drug-likeness (QED) is 0.769. The number of benzene rings is 1. The van der Waals surface area contributed by atoms with Gasteiger partial charge in [-0.15, -0.1) is 11.3 Å². The van der Waals surface area contributed by atoms with E-state index >= 15 is 0 Å². The molecule has 1 aliphatic heterocycles. The third kappa shape index (κ3) is 1.38. The Bertz CT molecular complexity index is 533. The van der Waals surface area contributed by atoms with E-state index in [2.05, 4.69) is 17.4 Å². The Balaban J connectivity index is 2.15. The Hall–Kier alpha value is -1.55. The lowest BCUT2D eigenvalue weighted by Gasteiger charge is -1.98. The van der Waals surface area contributed by atoms with Crippen molar-refractivity contribution in [3.8, 4) is 0 Å². The van der Waals surface area contributed by atoms with Gasteiger partial charge in [0.2, 0.25) is 0 Å². The number of hydrogen-bond donors (Lipinski definition) is 1. The van der Waals surface area contributed by atoms with Crippen molar-refractivity contribution in [1.29, 1.82) is 0 Å². The molecule has 16 heavy (non-hydrogen) atoms. The zero-order chi connectivity index (χ0) is 11.1. The maximum Gasteiger partial charge on any atom is 0.348 e. The minimum absolute atomic E-state index is 0.255. The topological polar surface area (TPSA) is 38.3 Å². The van der Waals surface area contributed by atoms with Crippen molar-refractivity contribution in [2.24, 2.45) is 0 Å². The highest BCUT2D eigenvalue weighted by Gasteiger charge is 2.15. The average molecular weight is 233 g/mol. The van der Waals surface area contributed by atoms with E-state index in [1.54, 1.807) is 0 Å². The summed E-state index contributed by atoms with van der Waals surface area (Å²) in [5, 5.41) is 4.47. The predicted molar refractivity (Wildman–Crippen MR) is 65.4 cm³/mol. The highest BCUT2D eigenvalue weighted by atomic mass is 32.1. The molecule has 1 aliphatic rings. The lowest BCUT2D eigenvalue weighted by molar-refractivity contribution is 0.0606. The first-order chi connectivity index (χ1) is 7.78. The number of carbonyl (C=O) groups excluding carboxylic acids is 1. The van der Waals surface area contributed by atoms with Crippen LogP contribution in [0.25, 0.3) is 10.1 Å². The van der Waals surface area contributed by atoms with Gasteiger partial charge in [0.25, 0.3) is 0 Å². The number of methoxy groups -OCH3 is 1. The second-order valence-corrected chi connectivity index (χ2v) is 4.91. The van der Waals surface area contributed by atoms with Crippen LogP contribution in [0.3, 0.4) is 0 Å². The largest absolute Gasteiger partial charge is 0.465 e. The summed E-state index contributed by atoms with van der Waals surface area (Å²) in [5.74, 6) is -0.255. The van der Waals surface area contributed by atoms with E-state index < -0.39 is 0 Å². The minimum atomic E-state index is -0.255. The Morgan fingerprint density at radius 3 is 3.12 bits per heavy atom. The molecule has 1 aromatic carbocycles. The van der Waals surface area contributed by atoms with Gasteiger partial charge in [0.1, 0.15) is 4.88 Å². The Labute approximate surface area is 97.0 Å². The molecular formula is C12H11NO2S. The standard InChI is InChI=1S/C12H11NO2S/c1-15-12(14)11-5-8-4-7-2-3-13-9(7)6-10(8)16-11/h4-6,13H,2-3H2,1H3. The molecule has 0 radical (unpaired) electrons. The van der Waals surface area contributed by atoms with E-state index in [-0.39, 0.29) is 5.97 Å². The molecule has 0 fully saturated rings. The van der Waals surface area contributed by atoms with Gasteiger partial charge in [-0.2, -0.15) is 0 Å². The van der Waals surface area contributed by atoms with Crippen molar-refractivity contribution in [2.75, 3.05) is 19.0 Å². The lowest BCUT2D eigenvalue weighted by atomic mass is 10.1. The predicted octanol–water partition coefficient (Wildman–Crippen LogP) is 2.66. The summed E-state index contributed by atoms with van der Waals surface area (Å²) in [7, 11) is 1.41. The molecule has 0 saturated carbocycles. The van der Waals surface area contributed by atoms with Gasteiger partial charge in [-0.25, -0.2) is 4.79 Å². The van der Waals surface area contributed by atoms with Gasteiger partial charge in [-0.1, -0.05) is 0 Å². The molecule has 2 aromatic rings. The molecule has 2 heterocycles. The summed E-state index contributed by atoms with van der Waals surface area (Å²) in [6.45, 7) is 1.01. The lowest BCUT2D eigenvalue weighted by Crippen LogP contribution is -1.96. The normalized spacial score (nSPS) is 13.6. The molecule has 0 unspecified atom stereocenters. The number of anilines is 1. The minimum Gasteiger partial charge on any atom is -0.465 e. The van der Waals surface area contributed by atoms with Crippen molar-refractivity contribution in [3.05, 3.63) is 28.6 Å². The molecule has 0 bridgehead atoms. The van der Waals surface area contributed by atoms with E-state index in [0.717, 1.165) is 23.1 Å². The van der Waals surface area contributed by atoms with Crippen LogP contribution in [0, 0.1) is 0 Å². The van der Waals surface area contributed by atoms with Crippen LogP contribution in [-0.2, 0) is 11.2 Å². The molecule has 4 heteroatoms. The fraction of sp³-hybridized carbons (Fsp3) is 0.250. The van der Waals surface area contributed by atoms with Crippen molar-refractivity contribution < 1.29 is 9.53 Å². The van der Waals surface area contributed by atoms with E-state index in [1.807, 2.05) is 6.07 Å². The van der Waals surface area contributed by atoms with Crippen molar-refractivity contribution in [1.82, 2.24) is 0 Å². The number of nitrogens with one attached hydrogen (secondary N) is 1. The highest BCUT2D eigenvalue weighted by molar-refractivity contribution is 7.20. The molecule has 0 amide bonds. The van der Waals surface area contributed by atoms with Crippen molar-refractivity contribution in [3.63, 3.8) is 0 Å². The third-order valence-corrected chi connectivity index (χ3v) is 3.92. The molecule has 3 rings (SSSR count). The summed E-state index contributed by atoms with van der Waals surface area (Å²) in [6, 6.07) is 6.19. The number of thiophene rings is 1. The third-order valence-electron chi connectivity index (χ3n) is 2.84. The monoisotopic (exact) mass is 233 g/mol. The summed E-state index contributed by atoms with van der Waals surface area (Å²) in [6.07, 6.45) is 1.06. The first kappa shape index (κ1) is 9.66. The number of carbonyl (C=O) groups is 1. The molecule has 82 valence electrons.